The molecular formula is C13H18N2O. The van der Waals surface area contributed by atoms with Crippen LogP contribution >= 0.6 is 0 Å². The summed E-state index contributed by atoms with van der Waals surface area (Å²) in [6.07, 6.45) is 3.50. The molecule has 0 aliphatic carbocycles. The van der Waals surface area contributed by atoms with Gasteiger partial charge in [0, 0.05) is 31.9 Å². The van der Waals surface area contributed by atoms with E-state index in [2.05, 4.69) is 23.3 Å². The Morgan fingerprint density at radius 3 is 2.94 bits per heavy atom. The normalized spacial score (nSPS) is 15.2. The monoisotopic (exact) mass is 218 g/mol. The number of benzene rings is 1. The van der Waals surface area contributed by atoms with Gasteiger partial charge in [-0.1, -0.05) is 0 Å². The smallest absolute Gasteiger partial charge is 0.251 e. The zero-order valence-electron chi connectivity index (χ0n) is 9.92. The van der Waals surface area contributed by atoms with Crippen LogP contribution < -0.4 is 10.2 Å². The molecule has 3 heteroatoms. The van der Waals surface area contributed by atoms with Crippen LogP contribution in [0.3, 0.4) is 0 Å². The van der Waals surface area contributed by atoms with Crippen molar-refractivity contribution in [3.8, 4) is 0 Å². The van der Waals surface area contributed by atoms with E-state index in [-0.39, 0.29) is 5.91 Å². The Kier molecular flexibility index (Phi) is 3.13. The van der Waals surface area contributed by atoms with E-state index in [9.17, 15) is 4.79 Å². The highest BCUT2D eigenvalue weighted by atomic mass is 16.1. The summed E-state index contributed by atoms with van der Waals surface area (Å²) >= 11 is 0. The minimum absolute atomic E-state index is 0.00491. The van der Waals surface area contributed by atoms with Crippen LogP contribution in [-0.4, -0.2) is 26.5 Å². The molecule has 0 saturated carbocycles. The van der Waals surface area contributed by atoms with E-state index < -0.39 is 0 Å². The Morgan fingerprint density at radius 1 is 1.38 bits per heavy atom. The Morgan fingerprint density at radius 2 is 2.19 bits per heavy atom. The first-order chi connectivity index (χ1) is 7.72. The Hall–Kier alpha value is -1.51. The van der Waals surface area contributed by atoms with Crippen molar-refractivity contribution in [2.45, 2.75) is 19.3 Å². The lowest BCUT2D eigenvalue weighted by molar-refractivity contribution is 0.0963. The van der Waals surface area contributed by atoms with Crippen molar-refractivity contribution in [3.05, 3.63) is 29.3 Å². The van der Waals surface area contributed by atoms with E-state index in [0.29, 0.717) is 0 Å². The lowest BCUT2D eigenvalue weighted by atomic mass is 10.0. The lowest BCUT2D eigenvalue weighted by Gasteiger charge is -2.19. The fraction of sp³-hybridized carbons (Fsp3) is 0.462. The first kappa shape index (κ1) is 11.0. The SMILES string of the molecule is CNC(=O)c1ccc2c(c1)CCCCN2C. The average molecular weight is 218 g/mol. The Labute approximate surface area is 96.5 Å². The Balaban J connectivity index is 2.37. The molecule has 0 bridgehead atoms. The van der Waals surface area contributed by atoms with Crippen LogP contribution in [0.4, 0.5) is 5.69 Å². The zero-order chi connectivity index (χ0) is 11.5. The first-order valence-electron chi connectivity index (χ1n) is 5.78. The fourth-order valence-electron chi connectivity index (χ4n) is 2.23. The number of nitrogens with one attached hydrogen (secondary N) is 1. The second-order valence-electron chi connectivity index (χ2n) is 4.30. The van der Waals surface area contributed by atoms with E-state index in [4.69, 9.17) is 0 Å². The summed E-state index contributed by atoms with van der Waals surface area (Å²) in [5.41, 5.74) is 3.32. The molecule has 0 radical (unpaired) electrons. The van der Waals surface area contributed by atoms with Crippen molar-refractivity contribution in [3.63, 3.8) is 0 Å². The molecule has 16 heavy (non-hydrogen) atoms. The van der Waals surface area contributed by atoms with Crippen molar-refractivity contribution in [2.24, 2.45) is 0 Å². The van der Waals surface area contributed by atoms with Gasteiger partial charge in [-0.3, -0.25) is 4.79 Å². The zero-order valence-corrected chi connectivity index (χ0v) is 9.92. The summed E-state index contributed by atoms with van der Waals surface area (Å²) in [5, 5.41) is 2.66. The third-order valence-corrected chi connectivity index (χ3v) is 3.17. The second kappa shape index (κ2) is 4.56. The molecule has 0 spiro atoms. The minimum atomic E-state index is -0.00491. The van der Waals surface area contributed by atoms with E-state index in [1.807, 2.05) is 12.1 Å². The van der Waals surface area contributed by atoms with E-state index in [1.165, 1.54) is 24.1 Å². The van der Waals surface area contributed by atoms with Gasteiger partial charge in [-0.15, -0.1) is 0 Å². The molecular weight excluding hydrogens is 200 g/mol. The van der Waals surface area contributed by atoms with Crippen molar-refractivity contribution in [1.29, 1.82) is 0 Å². The Bertz CT molecular complexity index is 401. The van der Waals surface area contributed by atoms with Crippen molar-refractivity contribution >= 4 is 11.6 Å². The topological polar surface area (TPSA) is 32.3 Å². The van der Waals surface area contributed by atoms with Gasteiger partial charge in [0.05, 0.1) is 0 Å². The summed E-state index contributed by atoms with van der Waals surface area (Å²) in [6, 6.07) is 5.99. The van der Waals surface area contributed by atoms with Gasteiger partial charge in [-0.2, -0.15) is 0 Å². The summed E-state index contributed by atoms with van der Waals surface area (Å²) < 4.78 is 0. The average Bonchev–Trinajstić information content (AvgIpc) is 2.50. The molecule has 0 saturated heterocycles. The molecule has 1 amide bonds. The predicted molar refractivity (Wildman–Crippen MR) is 66.0 cm³/mol. The molecule has 0 aromatic heterocycles. The number of amides is 1. The van der Waals surface area contributed by atoms with E-state index >= 15 is 0 Å². The highest BCUT2D eigenvalue weighted by Crippen LogP contribution is 2.26. The number of anilines is 1. The molecule has 1 heterocycles. The number of carbonyl (C=O) groups excluding carboxylic acids is 1. The van der Waals surface area contributed by atoms with Crippen LogP contribution in [-0.2, 0) is 6.42 Å². The maximum absolute atomic E-state index is 11.5. The number of nitrogens with zero attached hydrogens (tertiary/aromatic N) is 1. The van der Waals surface area contributed by atoms with Crippen molar-refractivity contribution in [2.75, 3.05) is 25.5 Å². The van der Waals surface area contributed by atoms with Crippen LogP contribution in [0.1, 0.15) is 28.8 Å². The molecule has 86 valence electrons. The quantitative estimate of drug-likeness (QED) is 0.779. The molecule has 1 aromatic rings. The third-order valence-electron chi connectivity index (χ3n) is 3.17. The van der Waals surface area contributed by atoms with Crippen LogP contribution in [0.25, 0.3) is 0 Å². The number of carbonyl (C=O) groups is 1. The molecule has 2 rings (SSSR count). The van der Waals surface area contributed by atoms with Crippen LogP contribution in [0.15, 0.2) is 18.2 Å². The van der Waals surface area contributed by atoms with Crippen LogP contribution in [0, 0.1) is 0 Å². The largest absolute Gasteiger partial charge is 0.374 e. The standard InChI is InChI=1S/C13H18N2O/c1-14-13(16)11-6-7-12-10(9-11)5-3-4-8-15(12)2/h6-7,9H,3-5,8H2,1-2H3,(H,14,16). The van der Waals surface area contributed by atoms with E-state index in [0.717, 1.165) is 18.5 Å². The van der Waals surface area contributed by atoms with Gasteiger partial charge >= 0.3 is 0 Å². The summed E-state index contributed by atoms with van der Waals surface area (Å²) in [4.78, 5) is 13.8. The maximum Gasteiger partial charge on any atom is 0.251 e. The van der Waals surface area contributed by atoms with Crippen LogP contribution in [0.5, 0.6) is 0 Å². The van der Waals surface area contributed by atoms with Crippen molar-refractivity contribution in [1.82, 2.24) is 5.32 Å². The van der Waals surface area contributed by atoms with Crippen molar-refractivity contribution < 1.29 is 4.79 Å². The molecule has 1 aromatic carbocycles. The first-order valence-corrected chi connectivity index (χ1v) is 5.78. The van der Waals surface area contributed by atoms with Gasteiger partial charge < -0.3 is 10.2 Å². The molecule has 1 aliphatic heterocycles. The summed E-state index contributed by atoms with van der Waals surface area (Å²) in [5.74, 6) is -0.00491. The number of aryl methyl sites for hydroxylation is 1. The van der Waals surface area contributed by atoms with Crippen LogP contribution in [0.2, 0.25) is 0 Å². The van der Waals surface area contributed by atoms with Gasteiger partial charge in [-0.25, -0.2) is 0 Å². The fourth-order valence-corrected chi connectivity index (χ4v) is 2.23. The summed E-state index contributed by atoms with van der Waals surface area (Å²) in [6.45, 7) is 1.10. The molecule has 1 aliphatic rings. The van der Waals surface area contributed by atoms with Gasteiger partial charge in [0.1, 0.15) is 0 Å². The van der Waals surface area contributed by atoms with Gasteiger partial charge in [-0.05, 0) is 43.0 Å². The van der Waals surface area contributed by atoms with Gasteiger partial charge in [0.2, 0.25) is 0 Å². The lowest BCUT2D eigenvalue weighted by Crippen LogP contribution is -2.20. The summed E-state index contributed by atoms with van der Waals surface area (Å²) in [7, 11) is 3.78. The molecule has 0 unspecified atom stereocenters. The predicted octanol–water partition coefficient (Wildman–Crippen LogP) is 1.82. The number of hydrogen-bond acceptors (Lipinski definition) is 2. The maximum atomic E-state index is 11.5. The molecule has 3 nitrogen and oxygen atoms in total. The molecule has 0 fully saturated rings. The number of fused-ring (bicyclic) bond motifs is 1. The number of rotatable bonds is 1. The minimum Gasteiger partial charge on any atom is -0.374 e. The highest BCUT2D eigenvalue weighted by Gasteiger charge is 2.14. The third kappa shape index (κ3) is 2.03. The van der Waals surface area contributed by atoms with Gasteiger partial charge in [0.15, 0.2) is 0 Å². The van der Waals surface area contributed by atoms with Gasteiger partial charge in [0.25, 0.3) is 5.91 Å². The van der Waals surface area contributed by atoms with E-state index in [1.54, 1.807) is 7.05 Å². The second-order valence-corrected chi connectivity index (χ2v) is 4.30. The number of hydrogen-bond donors (Lipinski definition) is 1. The molecule has 1 N–H and O–H groups in total. The molecule has 0 atom stereocenters. The highest BCUT2D eigenvalue weighted by molar-refractivity contribution is 5.94.